The average Bonchev–Trinajstić information content (AvgIpc) is 2.28. The number of nitrogens with one attached hydrogen (secondary N) is 1. The molecule has 88 valence electrons. The summed E-state index contributed by atoms with van der Waals surface area (Å²) in [6.45, 7) is 2.72. The second-order valence-corrected chi connectivity index (χ2v) is 3.70. The highest BCUT2D eigenvalue weighted by Gasteiger charge is 2.07. The third-order valence-corrected chi connectivity index (χ3v) is 2.33. The zero-order chi connectivity index (χ0) is 12.0. The zero-order valence-corrected chi connectivity index (χ0v) is 9.42. The first-order chi connectivity index (χ1) is 7.65. The van der Waals surface area contributed by atoms with E-state index in [1.54, 1.807) is 0 Å². The molecule has 0 atom stereocenters. The molecule has 16 heavy (non-hydrogen) atoms. The van der Waals surface area contributed by atoms with Crippen LogP contribution in [0.15, 0.2) is 18.2 Å². The van der Waals surface area contributed by atoms with E-state index in [1.807, 2.05) is 0 Å². The van der Waals surface area contributed by atoms with Crippen LogP contribution in [-0.4, -0.2) is 12.5 Å². The predicted octanol–water partition coefficient (Wildman–Crippen LogP) is 2.33. The molecular formula is C12H17FN2O. The van der Waals surface area contributed by atoms with Crippen molar-refractivity contribution in [2.24, 2.45) is 0 Å². The van der Waals surface area contributed by atoms with E-state index in [9.17, 15) is 9.18 Å². The topological polar surface area (TPSA) is 55.1 Å². The molecule has 0 saturated heterocycles. The molecule has 0 aliphatic heterocycles. The first-order valence-corrected chi connectivity index (χ1v) is 5.48. The van der Waals surface area contributed by atoms with Crippen LogP contribution in [0.4, 0.5) is 10.1 Å². The van der Waals surface area contributed by atoms with Crippen molar-refractivity contribution in [3.8, 4) is 0 Å². The Morgan fingerprint density at radius 3 is 2.81 bits per heavy atom. The normalized spacial score (nSPS) is 10.1. The van der Waals surface area contributed by atoms with E-state index in [0.29, 0.717) is 12.1 Å². The fourth-order valence-electron chi connectivity index (χ4n) is 1.35. The summed E-state index contributed by atoms with van der Waals surface area (Å²) >= 11 is 0. The summed E-state index contributed by atoms with van der Waals surface area (Å²) in [5.41, 5.74) is 5.69. The third-order valence-electron chi connectivity index (χ3n) is 2.33. The highest BCUT2D eigenvalue weighted by Crippen LogP contribution is 2.11. The van der Waals surface area contributed by atoms with Crippen LogP contribution in [0.25, 0.3) is 0 Å². The molecule has 0 aliphatic rings. The Hall–Kier alpha value is -1.58. The summed E-state index contributed by atoms with van der Waals surface area (Å²) in [4.78, 5) is 11.6. The predicted molar refractivity (Wildman–Crippen MR) is 62.7 cm³/mol. The molecule has 3 nitrogen and oxygen atoms in total. The molecule has 4 heteroatoms. The van der Waals surface area contributed by atoms with E-state index in [4.69, 9.17) is 5.73 Å². The van der Waals surface area contributed by atoms with Gasteiger partial charge in [0, 0.05) is 12.1 Å². The van der Waals surface area contributed by atoms with Gasteiger partial charge >= 0.3 is 0 Å². The molecular weight excluding hydrogens is 207 g/mol. The largest absolute Gasteiger partial charge is 0.396 e. The quantitative estimate of drug-likeness (QED) is 0.595. The maximum atomic E-state index is 13.1. The van der Waals surface area contributed by atoms with E-state index >= 15 is 0 Å². The summed E-state index contributed by atoms with van der Waals surface area (Å²) in [5, 5.41) is 2.73. The summed E-state index contributed by atoms with van der Waals surface area (Å²) in [7, 11) is 0. The lowest BCUT2D eigenvalue weighted by Gasteiger charge is -2.05. The van der Waals surface area contributed by atoms with Crippen LogP contribution in [0.5, 0.6) is 0 Å². The Balaban J connectivity index is 2.50. The number of rotatable bonds is 5. The van der Waals surface area contributed by atoms with Crippen LogP contribution >= 0.6 is 0 Å². The van der Waals surface area contributed by atoms with Gasteiger partial charge in [-0.3, -0.25) is 4.79 Å². The van der Waals surface area contributed by atoms with Crippen LogP contribution in [-0.2, 0) is 0 Å². The second-order valence-electron chi connectivity index (χ2n) is 3.70. The van der Waals surface area contributed by atoms with Crippen LogP contribution in [0.1, 0.15) is 36.5 Å². The molecule has 0 aliphatic carbocycles. The first-order valence-electron chi connectivity index (χ1n) is 5.48. The SMILES string of the molecule is CCCCCNC(=O)c1ccc(N)c(F)c1. The van der Waals surface area contributed by atoms with Gasteiger partial charge in [-0.2, -0.15) is 0 Å². The number of amides is 1. The highest BCUT2D eigenvalue weighted by atomic mass is 19.1. The number of carbonyl (C=O) groups is 1. The Labute approximate surface area is 94.8 Å². The Morgan fingerprint density at radius 2 is 2.19 bits per heavy atom. The van der Waals surface area contributed by atoms with Gasteiger partial charge in [0.05, 0.1) is 5.69 Å². The lowest BCUT2D eigenvalue weighted by Crippen LogP contribution is -2.24. The molecule has 1 aromatic rings. The minimum absolute atomic E-state index is 0.0579. The molecule has 1 rings (SSSR count). The molecule has 3 N–H and O–H groups in total. The summed E-state index contributed by atoms with van der Waals surface area (Å²) in [6, 6.07) is 4.08. The van der Waals surface area contributed by atoms with Crippen LogP contribution in [0.3, 0.4) is 0 Å². The smallest absolute Gasteiger partial charge is 0.251 e. The van der Waals surface area contributed by atoms with Crippen molar-refractivity contribution in [1.82, 2.24) is 5.32 Å². The van der Waals surface area contributed by atoms with Gasteiger partial charge in [0.15, 0.2) is 0 Å². The fraction of sp³-hybridized carbons (Fsp3) is 0.417. The van der Waals surface area contributed by atoms with Crippen LogP contribution in [0.2, 0.25) is 0 Å². The Kier molecular flexibility index (Phi) is 4.76. The highest BCUT2D eigenvalue weighted by molar-refractivity contribution is 5.94. The third kappa shape index (κ3) is 3.53. The fourth-order valence-corrected chi connectivity index (χ4v) is 1.35. The van der Waals surface area contributed by atoms with E-state index in [1.165, 1.54) is 12.1 Å². The number of carbonyl (C=O) groups excluding carboxylic acids is 1. The van der Waals surface area contributed by atoms with Gasteiger partial charge in [0.1, 0.15) is 5.82 Å². The molecule has 0 bridgehead atoms. The minimum Gasteiger partial charge on any atom is -0.396 e. The lowest BCUT2D eigenvalue weighted by molar-refractivity contribution is 0.0952. The number of halogens is 1. The Morgan fingerprint density at radius 1 is 1.44 bits per heavy atom. The van der Waals surface area contributed by atoms with Gasteiger partial charge in [-0.05, 0) is 24.6 Å². The molecule has 0 unspecified atom stereocenters. The number of hydrogen-bond acceptors (Lipinski definition) is 2. The molecule has 1 amide bonds. The van der Waals surface area contributed by atoms with Crippen molar-refractivity contribution in [1.29, 1.82) is 0 Å². The summed E-state index contributed by atoms with van der Waals surface area (Å²) in [5.74, 6) is -0.809. The minimum atomic E-state index is -0.554. The van der Waals surface area contributed by atoms with Crippen molar-refractivity contribution in [3.05, 3.63) is 29.6 Å². The number of benzene rings is 1. The van der Waals surface area contributed by atoms with Gasteiger partial charge in [-0.1, -0.05) is 19.8 Å². The van der Waals surface area contributed by atoms with Crippen molar-refractivity contribution >= 4 is 11.6 Å². The van der Waals surface area contributed by atoms with Crippen molar-refractivity contribution < 1.29 is 9.18 Å². The molecule has 0 fully saturated rings. The second kappa shape index (κ2) is 6.10. The van der Waals surface area contributed by atoms with Crippen LogP contribution in [0, 0.1) is 5.82 Å². The lowest BCUT2D eigenvalue weighted by atomic mass is 10.2. The van der Waals surface area contributed by atoms with Crippen molar-refractivity contribution in [3.63, 3.8) is 0 Å². The number of anilines is 1. The van der Waals surface area contributed by atoms with E-state index in [2.05, 4.69) is 12.2 Å². The zero-order valence-electron chi connectivity index (χ0n) is 9.42. The maximum Gasteiger partial charge on any atom is 0.251 e. The average molecular weight is 224 g/mol. The number of unbranched alkanes of at least 4 members (excludes halogenated alkanes) is 2. The maximum absolute atomic E-state index is 13.1. The van der Waals surface area contributed by atoms with E-state index < -0.39 is 5.82 Å². The molecule has 0 aromatic heterocycles. The monoisotopic (exact) mass is 224 g/mol. The Bertz CT molecular complexity index is 366. The number of hydrogen-bond donors (Lipinski definition) is 2. The number of nitrogens with two attached hydrogens (primary N) is 1. The molecule has 0 spiro atoms. The molecule has 0 radical (unpaired) electrons. The van der Waals surface area contributed by atoms with Gasteiger partial charge < -0.3 is 11.1 Å². The van der Waals surface area contributed by atoms with Gasteiger partial charge in [-0.15, -0.1) is 0 Å². The van der Waals surface area contributed by atoms with Gasteiger partial charge in [0.2, 0.25) is 0 Å². The van der Waals surface area contributed by atoms with E-state index in [-0.39, 0.29) is 11.6 Å². The van der Waals surface area contributed by atoms with Crippen molar-refractivity contribution in [2.45, 2.75) is 26.2 Å². The van der Waals surface area contributed by atoms with Gasteiger partial charge in [-0.25, -0.2) is 4.39 Å². The van der Waals surface area contributed by atoms with Crippen LogP contribution < -0.4 is 11.1 Å². The standard InChI is InChI=1S/C12H17FN2O/c1-2-3-4-7-15-12(16)9-5-6-11(14)10(13)8-9/h5-6,8H,2-4,7,14H2,1H3,(H,15,16). The van der Waals surface area contributed by atoms with E-state index in [0.717, 1.165) is 25.3 Å². The number of nitrogen functional groups attached to an aromatic ring is 1. The summed E-state index contributed by atoms with van der Waals surface area (Å²) < 4.78 is 13.1. The van der Waals surface area contributed by atoms with Gasteiger partial charge in [0.25, 0.3) is 5.91 Å². The first kappa shape index (κ1) is 12.5. The van der Waals surface area contributed by atoms with Crippen molar-refractivity contribution in [2.75, 3.05) is 12.3 Å². The summed E-state index contributed by atoms with van der Waals surface area (Å²) in [6.07, 6.45) is 3.13. The molecule has 0 heterocycles. The molecule has 1 aromatic carbocycles. The molecule has 0 saturated carbocycles.